The van der Waals surface area contributed by atoms with E-state index in [0.717, 1.165) is 45.1 Å². The fourth-order valence-electron chi connectivity index (χ4n) is 6.74. The third-order valence-electron chi connectivity index (χ3n) is 8.84. The Kier molecular flexibility index (Phi) is 5.96. The van der Waals surface area contributed by atoms with Crippen LogP contribution < -0.4 is 0 Å². The molecule has 4 heterocycles. The number of nitrogens with zero attached hydrogens (tertiary/aromatic N) is 4. The van der Waals surface area contributed by atoms with Crippen LogP contribution in [-0.2, 0) is 23.9 Å². The maximum Gasteiger partial charge on any atom is 0.417 e. The van der Waals surface area contributed by atoms with E-state index in [9.17, 15) is 18.0 Å². The Hall–Kier alpha value is -1.67. The first-order chi connectivity index (χ1) is 15.7. The summed E-state index contributed by atoms with van der Waals surface area (Å²) >= 11 is 0. The van der Waals surface area contributed by atoms with Crippen molar-refractivity contribution in [2.45, 2.75) is 77.2 Å². The Bertz CT molecular complexity index is 904. The molecule has 1 aliphatic carbocycles. The normalized spacial score (nSPS) is 31.2. The molecule has 3 aliphatic heterocycles. The lowest BCUT2D eigenvalue weighted by Crippen LogP contribution is -2.54. The van der Waals surface area contributed by atoms with Gasteiger partial charge in [-0.1, -0.05) is 13.8 Å². The lowest BCUT2D eigenvalue weighted by Gasteiger charge is -2.42. The number of fused-ring (bicyclic) bond motifs is 2. The quantitative estimate of drug-likeness (QED) is 0.679. The van der Waals surface area contributed by atoms with E-state index in [1.807, 2.05) is 4.90 Å². The highest BCUT2D eigenvalue weighted by atomic mass is 19.4. The highest BCUT2D eigenvalue weighted by molar-refractivity contribution is 5.83. The van der Waals surface area contributed by atoms with Crippen LogP contribution in [0.25, 0.3) is 0 Å². The molecule has 8 heteroatoms. The first-order valence-electron chi connectivity index (χ1n) is 12.5. The Morgan fingerprint density at radius 1 is 1.12 bits per heavy atom. The number of pyridine rings is 1. The first kappa shape index (κ1) is 23.1. The Labute approximate surface area is 194 Å². The number of carbonyl (C=O) groups excluding carboxylic acids is 1. The second kappa shape index (κ2) is 8.52. The maximum absolute atomic E-state index is 13.9. The maximum atomic E-state index is 13.9. The van der Waals surface area contributed by atoms with Crippen LogP contribution in [0.15, 0.2) is 12.3 Å². The van der Waals surface area contributed by atoms with Gasteiger partial charge in [0.2, 0.25) is 5.91 Å². The SMILES string of the molecule is CC(C)[C@]1(C(=O)N2CCc3ncc(C(F)(F)F)cc3C2)CCC(N2CCN3CCCC3C2)C1. The second-order valence-corrected chi connectivity index (χ2v) is 10.8. The summed E-state index contributed by atoms with van der Waals surface area (Å²) in [5.74, 6) is 0.325. The number of amides is 1. The fraction of sp³-hybridized carbons (Fsp3) is 0.760. The number of hydrogen-bond acceptors (Lipinski definition) is 4. The standard InChI is InChI=1S/C25H35F3N4O/c1-17(2)24(7-5-20(13-24)31-11-10-30-8-3-4-21(30)16-31)23(33)32-9-6-22-18(15-32)12-19(14-29-22)25(26,27)28/h12,14,17,20-21H,3-11,13,15-16H2,1-2H3/t20?,21?,24-/m0/s1. The van der Waals surface area contributed by atoms with Crippen LogP contribution in [0.2, 0.25) is 0 Å². The van der Waals surface area contributed by atoms with E-state index in [-0.39, 0.29) is 18.4 Å². The molecule has 2 saturated heterocycles. The molecule has 3 fully saturated rings. The van der Waals surface area contributed by atoms with Crippen LogP contribution in [0.3, 0.4) is 0 Å². The summed E-state index contributed by atoms with van der Waals surface area (Å²) < 4.78 is 39.6. The number of piperazine rings is 1. The molecule has 1 amide bonds. The van der Waals surface area contributed by atoms with Gasteiger partial charge in [0.25, 0.3) is 0 Å². The van der Waals surface area contributed by atoms with Gasteiger partial charge < -0.3 is 4.90 Å². The van der Waals surface area contributed by atoms with Gasteiger partial charge in [-0.15, -0.1) is 0 Å². The largest absolute Gasteiger partial charge is 0.417 e. The van der Waals surface area contributed by atoms with Gasteiger partial charge in [0.1, 0.15) is 0 Å². The Balaban J connectivity index is 1.31. The number of halogens is 3. The van der Waals surface area contributed by atoms with Crippen molar-refractivity contribution in [3.8, 4) is 0 Å². The molecule has 1 saturated carbocycles. The van der Waals surface area contributed by atoms with Crippen molar-refractivity contribution < 1.29 is 18.0 Å². The summed E-state index contributed by atoms with van der Waals surface area (Å²) in [5, 5.41) is 0. The lowest BCUT2D eigenvalue weighted by atomic mass is 9.73. The summed E-state index contributed by atoms with van der Waals surface area (Å²) in [7, 11) is 0. The summed E-state index contributed by atoms with van der Waals surface area (Å²) in [4.78, 5) is 25.0. The topological polar surface area (TPSA) is 39.7 Å². The Morgan fingerprint density at radius 2 is 1.91 bits per heavy atom. The highest BCUT2D eigenvalue weighted by Crippen LogP contribution is 2.48. The van der Waals surface area contributed by atoms with Crippen molar-refractivity contribution in [2.75, 3.05) is 32.7 Å². The van der Waals surface area contributed by atoms with Crippen LogP contribution in [-0.4, -0.2) is 70.4 Å². The van der Waals surface area contributed by atoms with Crippen molar-refractivity contribution in [2.24, 2.45) is 11.3 Å². The number of hydrogen-bond donors (Lipinski definition) is 0. The molecular weight excluding hydrogens is 429 g/mol. The van der Waals surface area contributed by atoms with Gasteiger partial charge in [-0.05, 0) is 56.2 Å². The summed E-state index contributed by atoms with van der Waals surface area (Å²) in [6, 6.07) is 2.27. The summed E-state index contributed by atoms with van der Waals surface area (Å²) in [5.41, 5.74) is 0.0602. The molecule has 2 unspecified atom stereocenters. The van der Waals surface area contributed by atoms with E-state index in [1.54, 1.807) is 0 Å². The van der Waals surface area contributed by atoms with Crippen molar-refractivity contribution in [1.82, 2.24) is 19.7 Å². The molecule has 0 spiro atoms. The molecule has 182 valence electrons. The minimum atomic E-state index is -4.42. The molecule has 0 bridgehead atoms. The third kappa shape index (κ3) is 4.18. The van der Waals surface area contributed by atoms with Gasteiger partial charge in [0, 0.05) is 63.1 Å². The minimum Gasteiger partial charge on any atom is -0.337 e. The van der Waals surface area contributed by atoms with Crippen LogP contribution in [0, 0.1) is 11.3 Å². The zero-order valence-corrected chi connectivity index (χ0v) is 19.7. The van der Waals surface area contributed by atoms with Crippen LogP contribution in [0.4, 0.5) is 13.2 Å². The van der Waals surface area contributed by atoms with E-state index in [2.05, 4.69) is 28.6 Å². The number of aromatic nitrogens is 1. The average Bonchev–Trinajstić information content (AvgIpc) is 3.44. The third-order valence-corrected chi connectivity index (χ3v) is 8.84. The molecule has 0 aromatic carbocycles. The second-order valence-electron chi connectivity index (χ2n) is 10.8. The van der Waals surface area contributed by atoms with Crippen LogP contribution >= 0.6 is 0 Å². The average molecular weight is 465 g/mol. The van der Waals surface area contributed by atoms with E-state index in [1.165, 1.54) is 25.5 Å². The fourth-order valence-corrected chi connectivity index (χ4v) is 6.74. The predicted octanol–water partition coefficient (Wildman–Crippen LogP) is 3.96. The smallest absolute Gasteiger partial charge is 0.337 e. The highest BCUT2D eigenvalue weighted by Gasteiger charge is 2.51. The Morgan fingerprint density at radius 3 is 2.67 bits per heavy atom. The first-order valence-corrected chi connectivity index (χ1v) is 12.5. The monoisotopic (exact) mass is 464 g/mol. The molecule has 0 N–H and O–H groups in total. The predicted molar refractivity (Wildman–Crippen MR) is 119 cm³/mol. The summed E-state index contributed by atoms with van der Waals surface area (Å²) in [6.45, 7) is 9.56. The van der Waals surface area contributed by atoms with Crippen molar-refractivity contribution in [3.05, 3.63) is 29.1 Å². The van der Waals surface area contributed by atoms with Gasteiger partial charge in [0.05, 0.1) is 11.0 Å². The van der Waals surface area contributed by atoms with E-state index in [4.69, 9.17) is 0 Å². The molecule has 33 heavy (non-hydrogen) atoms. The molecule has 1 aromatic rings. The van der Waals surface area contributed by atoms with Crippen molar-refractivity contribution in [1.29, 1.82) is 0 Å². The molecule has 4 aliphatic rings. The van der Waals surface area contributed by atoms with Gasteiger partial charge in [-0.2, -0.15) is 13.2 Å². The zero-order valence-electron chi connectivity index (χ0n) is 19.7. The number of rotatable bonds is 3. The molecule has 3 atom stereocenters. The van der Waals surface area contributed by atoms with Crippen molar-refractivity contribution in [3.63, 3.8) is 0 Å². The van der Waals surface area contributed by atoms with Gasteiger partial charge in [0.15, 0.2) is 0 Å². The molecule has 5 rings (SSSR count). The van der Waals surface area contributed by atoms with Crippen LogP contribution in [0.5, 0.6) is 0 Å². The van der Waals surface area contributed by atoms with E-state index < -0.39 is 17.2 Å². The van der Waals surface area contributed by atoms with Gasteiger partial charge in [-0.3, -0.25) is 19.6 Å². The molecule has 0 radical (unpaired) electrons. The number of alkyl halides is 3. The lowest BCUT2D eigenvalue weighted by molar-refractivity contribution is -0.146. The number of carbonyl (C=O) groups is 1. The van der Waals surface area contributed by atoms with E-state index in [0.29, 0.717) is 36.3 Å². The van der Waals surface area contributed by atoms with Crippen LogP contribution in [0.1, 0.15) is 62.8 Å². The zero-order chi connectivity index (χ0) is 23.4. The van der Waals surface area contributed by atoms with E-state index >= 15 is 0 Å². The molecule has 5 nitrogen and oxygen atoms in total. The van der Waals surface area contributed by atoms with Crippen molar-refractivity contribution >= 4 is 5.91 Å². The minimum absolute atomic E-state index is 0.127. The summed E-state index contributed by atoms with van der Waals surface area (Å²) in [6.07, 6.45) is 2.33. The molecule has 1 aromatic heterocycles. The van der Waals surface area contributed by atoms with Gasteiger partial charge in [-0.25, -0.2) is 0 Å². The molecular formula is C25H35F3N4O. The van der Waals surface area contributed by atoms with Gasteiger partial charge >= 0.3 is 6.18 Å².